The average Bonchev–Trinajstić information content (AvgIpc) is 2.73. The topological polar surface area (TPSA) is 83.6 Å². The maximum Gasteiger partial charge on any atom is 0.243 e. The van der Waals surface area contributed by atoms with Crippen molar-refractivity contribution < 1.29 is 22.4 Å². The summed E-state index contributed by atoms with van der Waals surface area (Å²) in [6.45, 7) is 1.91. The number of rotatable bonds is 6. The van der Waals surface area contributed by atoms with Gasteiger partial charge in [-0.3, -0.25) is 9.59 Å². The number of piperidine rings is 1. The van der Waals surface area contributed by atoms with E-state index in [1.54, 1.807) is 30.3 Å². The number of nitrogens with one attached hydrogen (secondary N) is 1. The lowest BCUT2D eigenvalue weighted by atomic mass is 9.97. The van der Waals surface area contributed by atoms with Crippen LogP contribution in [0.3, 0.4) is 0 Å². The normalized spacial score (nSPS) is 15.8. The summed E-state index contributed by atoms with van der Waals surface area (Å²) in [7, 11) is -3.73. The summed E-state index contributed by atoms with van der Waals surface area (Å²) < 4.78 is 40.7. The van der Waals surface area contributed by atoms with Crippen LogP contribution in [-0.2, 0) is 21.4 Å². The first-order chi connectivity index (χ1) is 13.8. The number of halogens is 1. The number of nitrogens with zero attached hydrogens (tertiary/aromatic N) is 1. The molecule has 0 bridgehead atoms. The number of ketones is 1. The molecule has 1 heterocycles. The molecular weight excluding hydrogens is 395 g/mol. The fraction of sp³-hybridized carbons (Fsp3) is 0.333. The van der Waals surface area contributed by atoms with E-state index >= 15 is 0 Å². The predicted octanol–water partition coefficient (Wildman–Crippen LogP) is 2.75. The molecule has 0 saturated carbocycles. The molecule has 2 aromatic rings. The van der Waals surface area contributed by atoms with Crippen molar-refractivity contribution in [3.05, 3.63) is 65.5 Å². The van der Waals surface area contributed by atoms with Crippen molar-refractivity contribution in [2.75, 3.05) is 13.1 Å². The first kappa shape index (κ1) is 21.1. The van der Waals surface area contributed by atoms with E-state index in [-0.39, 0.29) is 48.0 Å². The number of benzene rings is 2. The molecule has 1 saturated heterocycles. The van der Waals surface area contributed by atoms with Crippen LogP contribution < -0.4 is 5.32 Å². The van der Waals surface area contributed by atoms with Crippen LogP contribution in [0.2, 0.25) is 0 Å². The molecule has 1 N–H and O–H groups in total. The Bertz CT molecular complexity index is 1010. The Balaban J connectivity index is 1.59. The van der Waals surface area contributed by atoms with Crippen molar-refractivity contribution in [1.29, 1.82) is 0 Å². The molecule has 1 aliphatic rings. The summed E-state index contributed by atoms with van der Waals surface area (Å²) in [5, 5.41) is 2.73. The quantitative estimate of drug-likeness (QED) is 0.731. The van der Waals surface area contributed by atoms with Gasteiger partial charge in [-0.05, 0) is 38.0 Å². The van der Waals surface area contributed by atoms with E-state index in [1.165, 1.54) is 29.4 Å². The van der Waals surface area contributed by atoms with Crippen LogP contribution in [0.1, 0.15) is 35.7 Å². The second kappa shape index (κ2) is 8.84. The van der Waals surface area contributed by atoms with E-state index < -0.39 is 10.0 Å². The Morgan fingerprint density at radius 3 is 2.45 bits per heavy atom. The van der Waals surface area contributed by atoms with Gasteiger partial charge in [0.25, 0.3) is 0 Å². The van der Waals surface area contributed by atoms with E-state index in [1.807, 2.05) is 0 Å². The summed E-state index contributed by atoms with van der Waals surface area (Å²) in [6.07, 6.45) is 0.767. The fourth-order valence-corrected chi connectivity index (χ4v) is 4.87. The van der Waals surface area contributed by atoms with Crippen LogP contribution in [0.15, 0.2) is 53.4 Å². The molecule has 0 aromatic heterocycles. The SMILES string of the molecule is CC(=O)c1cccc(S(=O)(=O)N2CCC(C(=O)NCc3ccccc3F)CC2)c1. The monoisotopic (exact) mass is 418 g/mol. The zero-order valence-corrected chi connectivity index (χ0v) is 16.9. The van der Waals surface area contributed by atoms with Crippen molar-refractivity contribution in [3.8, 4) is 0 Å². The van der Waals surface area contributed by atoms with Crippen molar-refractivity contribution >= 4 is 21.7 Å². The fourth-order valence-electron chi connectivity index (χ4n) is 3.35. The van der Waals surface area contributed by atoms with Gasteiger partial charge in [0, 0.05) is 36.7 Å². The highest BCUT2D eigenvalue weighted by Crippen LogP contribution is 2.24. The molecule has 3 rings (SSSR count). The Hall–Kier alpha value is -2.58. The van der Waals surface area contributed by atoms with Crippen LogP contribution in [-0.4, -0.2) is 37.5 Å². The second-order valence-corrected chi connectivity index (χ2v) is 9.01. The molecule has 29 heavy (non-hydrogen) atoms. The molecule has 0 spiro atoms. The van der Waals surface area contributed by atoms with Crippen LogP contribution in [0.25, 0.3) is 0 Å². The molecule has 154 valence electrons. The van der Waals surface area contributed by atoms with Gasteiger partial charge in [-0.1, -0.05) is 30.3 Å². The van der Waals surface area contributed by atoms with E-state index in [4.69, 9.17) is 0 Å². The number of hydrogen-bond donors (Lipinski definition) is 1. The highest BCUT2D eigenvalue weighted by atomic mass is 32.2. The minimum Gasteiger partial charge on any atom is -0.352 e. The Morgan fingerprint density at radius 2 is 1.79 bits per heavy atom. The highest BCUT2D eigenvalue weighted by molar-refractivity contribution is 7.89. The van der Waals surface area contributed by atoms with Gasteiger partial charge in [-0.25, -0.2) is 12.8 Å². The average molecular weight is 418 g/mol. The minimum absolute atomic E-state index is 0.0765. The van der Waals surface area contributed by atoms with Crippen LogP contribution in [0, 0.1) is 11.7 Å². The van der Waals surface area contributed by atoms with Gasteiger partial charge in [0.1, 0.15) is 5.82 Å². The van der Waals surface area contributed by atoms with Gasteiger partial charge in [0.15, 0.2) is 5.78 Å². The molecule has 0 atom stereocenters. The summed E-state index contributed by atoms with van der Waals surface area (Å²) >= 11 is 0. The molecule has 1 fully saturated rings. The number of Topliss-reactive ketones (excluding diaryl/α,β-unsaturated/α-hetero) is 1. The predicted molar refractivity (Wildman–Crippen MR) is 106 cm³/mol. The van der Waals surface area contributed by atoms with Crippen molar-refractivity contribution in [2.24, 2.45) is 5.92 Å². The maximum absolute atomic E-state index is 13.7. The van der Waals surface area contributed by atoms with Crippen molar-refractivity contribution in [2.45, 2.75) is 31.2 Å². The molecule has 1 aliphatic heterocycles. The lowest BCUT2D eigenvalue weighted by Gasteiger charge is -2.30. The van der Waals surface area contributed by atoms with Gasteiger partial charge in [0.05, 0.1) is 4.90 Å². The van der Waals surface area contributed by atoms with Gasteiger partial charge < -0.3 is 5.32 Å². The smallest absolute Gasteiger partial charge is 0.243 e. The molecule has 6 nitrogen and oxygen atoms in total. The Labute approximate surface area is 169 Å². The lowest BCUT2D eigenvalue weighted by Crippen LogP contribution is -2.42. The summed E-state index contributed by atoms with van der Waals surface area (Å²) in [5.74, 6) is -1.10. The molecule has 0 radical (unpaired) electrons. The summed E-state index contributed by atoms with van der Waals surface area (Å²) in [4.78, 5) is 24.0. The number of carbonyl (C=O) groups is 2. The third kappa shape index (κ3) is 4.89. The van der Waals surface area contributed by atoms with Crippen molar-refractivity contribution in [3.63, 3.8) is 0 Å². The first-order valence-electron chi connectivity index (χ1n) is 9.41. The number of hydrogen-bond acceptors (Lipinski definition) is 4. The molecular formula is C21H23FN2O4S. The lowest BCUT2D eigenvalue weighted by molar-refractivity contribution is -0.126. The van der Waals surface area contributed by atoms with Gasteiger partial charge in [-0.2, -0.15) is 4.31 Å². The minimum atomic E-state index is -3.73. The third-order valence-corrected chi connectivity index (χ3v) is 7.01. The maximum atomic E-state index is 13.7. The highest BCUT2D eigenvalue weighted by Gasteiger charge is 2.32. The van der Waals surface area contributed by atoms with Gasteiger partial charge in [-0.15, -0.1) is 0 Å². The van der Waals surface area contributed by atoms with Crippen LogP contribution in [0.5, 0.6) is 0 Å². The van der Waals surface area contributed by atoms with E-state index in [0.717, 1.165) is 0 Å². The van der Waals surface area contributed by atoms with Crippen LogP contribution in [0.4, 0.5) is 4.39 Å². The van der Waals surface area contributed by atoms with Crippen LogP contribution >= 0.6 is 0 Å². The van der Waals surface area contributed by atoms with E-state index in [9.17, 15) is 22.4 Å². The number of amides is 1. The van der Waals surface area contributed by atoms with E-state index in [0.29, 0.717) is 24.0 Å². The molecule has 8 heteroatoms. The number of carbonyl (C=O) groups excluding carboxylic acids is 2. The zero-order valence-electron chi connectivity index (χ0n) is 16.1. The van der Waals surface area contributed by atoms with Gasteiger partial charge in [0.2, 0.25) is 15.9 Å². The molecule has 1 amide bonds. The Kier molecular flexibility index (Phi) is 6.44. The standard InChI is InChI=1S/C21H23FN2O4S/c1-15(25)17-6-4-7-19(13-17)29(27,28)24-11-9-16(10-12-24)21(26)23-14-18-5-2-3-8-20(18)22/h2-8,13,16H,9-12,14H2,1H3,(H,23,26). The molecule has 0 aliphatic carbocycles. The van der Waals surface area contributed by atoms with Gasteiger partial charge >= 0.3 is 0 Å². The largest absolute Gasteiger partial charge is 0.352 e. The van der Waals surface area contributed by atoms with Crippen molar-refractivity contribution in [1.82, 2.24) is 9.62 Å². The third-order valence-electron chi connectivity index (χ3n) is 5.11. The van der Waals surface area contributed by atoms with E-state index in [2.05, 4.69) is 5.32 Å². The summed E-state index contributed by atoms with van der Waals surface area (Å²) in [5.41, 5.74) is 0.750. The zero-order chi connectivity index (χ0) is 21.0. The molecule has 2 aromatic carbocycles. The first-order valence-corrected chi connectivity index (χ1v) is 10.9. The summed E-state index contributed by atoms with van der Waals surface area (Å²) in [6, 6.07) is 12.2. The molecule has 0 unspecified atom stereocenters. The number of sulfonamides is 1. The Morgan fingerprint density at radius 1 is 1.10 bits per heavy atom. The second-order valence-electron chi connectivity index (χ2n) is 7.07.